The zero-order valence-electron chi connectivity index (χ0n) is 10.7. The third-order valence-electron chi connectivity index (χ3n) is 3.08. The summed E-state index contributed by atoms with van der Waals surface area (Å²) < 4.78 is 15.8. The Hall–Kier alpha value is -1.72. The maximum absolute atomic E-state index is 13.5. The first-order valence-electron chi connectivity index (χ1n) is 6.05. The van der Waals surface area contributed by atoms with E-state index in [1.165, 1.54) is 6.07 Å². The van der Waals surface area contributed by atoms with Crippen LogP contribution in [0.15, 0.2) is 30.3 Å². The normalized spacial score (nSPS) is 11.2. The number of aromatic nitrogens is 3. The minimum absolute atomic E-state index is 0.0810. The van der Waals surface area contributed by atoms with Gasteiger partial charge in [-0.3, -0.25) is 4.98 Å². The SMILES string of the molecule is Cc1cccc(Cn2c(=S)[nH]c3cc(F)c(Cl)cc32)n1. The van der Waals surface area contributed by atoms with Crippen molar-refractivity contribution in [3.63, 3.8) is 0 Å². The number of fused-ring (bicyclic) bond motifs is 1. The number of nitrogens with zero attached hydrogens (tertiary/aromatic N) is 2. The smallest absolute Gasteiger partial charge is 0.178 e. The maximum Gasteiger partial charge on any atom is 0.178 e. The molecule has 2 heterocycles. The molecule has 102 valence electrons. The van der Waals surface area contributed by atoms with E-state index in [9.17, 15) is 4.39 Å². The van der Waals surface area contributed by atoms with Gasteiger partial charge in [0.2, 0.25) is 0 Å². The number of rotatable bonds is 2. The first-order chi connectivity index (χ1) is 9.54. The Balaban J connectivity index is 2.14. The van der Waals surface area contributed by atoms with Crippen LogP contribution in [0.3, 0.4) is 0 Å². The number of hydrogen-bond acceptors (Lipinski definition) is 2. The van der Waals surface area contributed by atoms with Gasteiger partial charge in [-0.2, -0.15) is 0 Å². The molecule has 0 saturated heterocycles. The van der Waals surface area contributed by atoms with E-state index in [2.05, 4.69) is 9.97 Å². The average Bonchev–Trinajstić information content (AvgIpc) is 2.67. The second kappa shape index (κ2) is 5.00. The summed E-state index contributed by atoms with van der Waals surface area (Å²) in [7, 11) is 0. The number of pyridine rings is 1. The predicted molar refractivity (Wildman–Crippen MR) is 80.2 cm³/mol. The number of nitrogens with one attached hydrogen (secondary N) is 1. The molecule has 0 spiro atoms. The number of H-pyrrole nitrogens is 1. The van der Waals surface area contributed by atoms with Crippen molar-refractivity contribution in [3.05, 3.63) is 57.3 Å². The van der Waals surface area contributed by atoms with Crippen LogP contribution < -0.4 is 0 Å². The highest BCUT2D eigenvalue weighted by Gasteiger charge is 2.10. The largest absolute Gasteiger partial charge is 0.330 e. The van der Waals surface area contributed by atoms with Crippen molar-refractivity contribution in [2.24, 2.45) is 0 Å². The minimum atomic E-state index is -0.462. The van der Waals surface area contributed by atoms with Crippen molar-refractivity contribution >= 4 is 34.9 Å². The Kier molecular flexibility index (Phi) is 3.31. The first-order valence-corrected chi connectivity index (χ1v) is 6.83. The van der Waals surface area contributed by atoms with E-state index in [-0.39, 0.29) is 5.02 Å². The van der Waals surface area contributed by atoms with Gasteiger partial charge in [0.25, 0.3) is 0 Å². The Morgan fingerprint density at radius 3 is 2.95 bits per heavy atom. The van der Waals surface area contributed by atoms with Crippen molar-refractivity contribution < 1.29 is 4.39 Å². The van der Waals surface area contributed by atoms with Gasteiger partial charge in [-0.1, -0.05) is 17.7 Å². The number of halogens is 2. The molecule has 6 heteroatoms. The molecule has 1 N–H and O–H groups in total. The Labute approximate surface area is 125 Å². The zero-order valence-corrected chi connectivity index (χ0v) is 12.2. The van der Waals surface area contributed by atoms with Crippen molar-refractivity contribution in [1.29, 1.82) is 0 Å². The van der Waals surface area contributed by atoms with Crippen LogP contribution >= 0.6 is 23.8 Å². The van der Waals surface area contributed by atoms with Crippen molar-refractivity contribution in [2.75, 3.05) is 0 Å². The van der Waals surface area contributed by atoms with Crippen molar-refractivity contribution in [3.8, 4) is 0 Å². The van der Waals surface area contributed by atoms with E-state index in [4.69, 9.17) is 23.8 Å². The number of aryl methyl sites for hydroxylation is 1. The Bertz CT molecular complexity index is 853. The molecule has 0 unspecified atom stereocenters. The molecular formula is C14H11ClFN3S. The van der Waals surface area contributed by atoms with E-state index in [0.29, 0.717) is 16.8 Å². The highest BCUT2D eigenvalue weighted by Crippen LogP contribution is 2.23. The average molecular weight is 308 g/mol. The summed E-state index contributed by atoms with van der Waals surface area (Å²) in [5.74, 6) is -0.462. The lowest BCUT2D eigenvalue weighted by atomic mass is 10.3. The van der Waals surface area contributed by atoms with Gasteiger partial charge in [0.1, 0.15) is 5.82 Å². The molecule has 0 bridgehead atoms. The summed E-state index contributed by atoms with van der Waals surface area (Å²) in [5, 5.41) is 0.0810. The van der Waals surface area contributed by atoms with Crippen LogP contribution in [0.4, 0.5) is 4.39 Å². The van der Waals surface area contributed by atoms with Crippen LogP contribution in [0.1, 0.15) is 11.4 Å². The first kappa shape index (κ1) is 13.3. The van der Waals surface area contributed by atoms with E-state index in [1.54, 1.807) is 6.07 Å². The van der Waals surface area contributed by atoms with E-state index >= 15 is 0 Å². The quantitative estimate of drug-likeness (QED) is 0.718. The van der Waals surface area contributed by atoms with Gasteiger partial charge >= 0.3 is 0 Å². The van der Waals surface area contributed by atoms with Gasteiger partial charge in [-0.05, 0) is 37.3 Å². The fourth-order valence-corrected chi connectivity index (χ4v) is 2.59. The van der Waals surface area contributed by atoms with Gasteiger partial charge < -0.3 is 9.55 Å². The summed E-state index contributed by atoms with van der Waals surface area (Å²) >= 11 is 11.1. The molecule has 3 nitrogen and oxygen atoms in total. The lowest BCUT2D eigenvalue weighted by molar-refractivity contribution is 0.629. The van der Waals surface area contributed by atoms with Gasteiger partial charge in [-0.15, -0.1) is 0 Å². The standard InChI is InChI=1S/C14H11ClFN3S/c1-8-3-2-4-9(17-8)7-19-13-5-10(15)11(16)6-12(13)18-14(19)20/h2-6H,7H2,1H3,(H,18,20). The topological polar surface area (TPSA) is 33.6 Å². The van der Waals surface area contributed by atoms with Crippen LogP contribution in [0.25, 0.3) is 11.0 Å². The molecule has 0 aliphatic rings. The van der Waals surface area contributed by atoms with Crippen molar-refractivity contribution in [1.82, 2.24) is 14.5 Å². The number of benzene rings is 1. The molecule has 2 aromatic heterocycles. The fraction of sp³-hybridized carbons (Fsp3) is 0.143. The van der Waals surface area contributed by atoms with Crippen LogP contribution in [-0.2, 0) is 6.54 Å². The predicted octanol–water partition coefficient (Wildman–Crippen LogP) is 4.24. The van der Waals surface area contributed by atoms with Crippen LogP contribution in [0, 0.1) is 17.5 Å². The number of hydrogen-bond donors (Lipinski definition) is 1. The summed E-state index contributed by atoms with van der Waals surface area (Å²) in [6.07, 6.45) is 0. The van der Waals surface area contributed by atoms with Crippen LogP contribution in [0.5, 0.6) is 0 Å². The minimum Gasteiger partial charge on any atom is -0.330 e. The lowest BCUT2D eigenvalue weighted by Crippen LogP contribution is -2.02. The molecule has 0 radical (unpaired) electrons. The van der Waals surface area contributed by atoms with Gasteiger partial charge in [0.05, 0.1) is 28.3 Å². The molecule has 0 atom stereocenters. The summed E-state index contributed by atoms with van der Waals surface area (Å²) in [4.78, 5) is 7.43. The van der Waals surface area contributed by atoms with E-state index < -0.39 is 5.82 Å². The molecule has 0 aliphatic heterocycles. The summed E-state index contributed by atoms with van der Waals surface area (Å²) in [5.41, 5.74) is 3.23. The fourth-order valence-electron chi connectivity index (χ4n) is 2.16. The third kappa shape index (κ3) is 2.34. The monoisotopic (exact) mass is 307 g/mol. The highest BCUT2D eigenvalue weighted by molar-refractivity contribution is 7.71. The molecule has 3 rings (SSSR count). The molecule has 20 heavy (non-hydrogen) atoms. The van der Waals surface area contributed by atoms with E-state index in [1.807, 2.05) is 29.7 Å². The molecule has 1 aromatic carbocycles. The van der Waals surface area contributed by atoms with Crippen molar-refractivity contribution in [2.45, 2.75) is 13.5 Å². The zero-order chi connectivity index (χ0) is 14.3. The molecule has 0 fully saturated rings. The molecular weight excluding hydrogens is 297 g/mol. The second-order valence-corrected chi connectivity index (χ2v) is 5.36. The number of aromatic amines is 1. The molecule has 0 amide bonds. The maximum atomic E-state index is 13.5. The lowest BCUT2D eigenvalue weighted by Gasteiger charge is -2.05. The highest BCUT2D eigenvalue weighted by atomic mass is 35.5. The Morgan fingerprint density at radius 2 is 2.20 bits per heavy atom. The second-order valence-electron chi connectivity index (χ2n) is 4.57. The molecule has 0 aliphatic carbocycles. The van der Waals surface area contributed by atoms with Gasteiger partial charge in [0, 0.05) is 11.8 Å². The summed E-state index contributed by atoms with van der Waals surface area (Å²) in [6.45, 7) is 2.45. The summed E-state index contributed by atoms with van der Waals surface area (Å²) in [6, 6.07) is 8.74. The van der Waals surface area contributed by atoms with E-state index in [0.717, 1.165) is 16.9 Å². The van der Waals surface area contributed by atoms with Crippen LogP contribution in [0.2, 0.25) is 5.02 Å². The number of imidazole rings is 1. The third-order valence-corrected chi connectivity index (χ3v) is 3.69. The van der Waals surface area contributed by atoms with Gasteiger partial charge in [0.15, 0.2) is 4.77 Å². The van der Waals surface area contributed by atoms with Crippen LogP contribution in [-0.4, -0.2) is 14.5 Å². The molecule has 3 aromatic rings. The Morgan fingerprint density at radius 1 is 1.40 bits per heavy atom. The van der Waals surface area contributed by atoms with Gasteiger partial charge in [-0.25, -0.2) is 4.39 Å². The molecule has 0 saturated carbocycles.